The topological polar surface area (TPSA) is 27.7 Å². The molecule has 1 saturated heterocycles. The fraction of sp³-hybridized carbons (Fsp3) is 1.00. The first-order chi connectivity index (χ1) is 10.1. The van der Waals surface area contributed by atoms with E-state index in [1.165, 1.54) is 12.8 Å². The Labute approximate surface area is 133 Å². The van der Waals surface area contributed by atoms with E-state index in [2.05, 4.69) is 27.7 Å². The predicted molar refractivity (Wildman–Crippen MR) is 91.7 cm³/mol. The molecular formula is C18H40O3. The van der Waals surface area contributed by atoms with Gasteiger partial charge in [0, 0.05) is 12.0 Å². The van der Waals surface area contributed by atoms with Crippen LogP contribution in [0.3, 0.4) is 0 Å². The van der Waals surface area contributed by atoms with Crippen molar-refractivity contribution in [3.63, 3.8) is 0 Å². The molecule has 2 aliphatic rings. The second-order valence-corrected chi connectivity index (χ2v) is 5.69. The molecule has 0 amide bonds. The van der Waals surface area contributed by atoms with E-state index in [4.69, 9.17) is 14.2 Å². The van der Waals surface area contributed by atoms with Gasteiger partial charge in [-0.15, -0.1) is 0 Å². The summed E-state index contributed by atoms with van der Waals surface area (Å²) in [4.78, 5) is 0. The summed E-state index contributed by atoms with van der Waals surface area (Å²) in [5.41, 5.74) is 0.214. The average Bonchev–Trinajstić information content (AvgIpc) is 3.34. The van der Waals surface area contributed by atoms with Gasteiger partial charge in [-0.2, -0.15) is 0 Å². The van der Waals surface area contributed by atoms with Crippen LogP contribution in [0.2, 0.25) is 0 Å². The van der Waals surface area contributed by atoms with Crippen molar-refractivity contribution >= 4 is 0 Å². The maximum atomic E-state index is 5.42. The van der Waals surface area contributed by atoms with Crippen LogP contribution in [0.15, 0.2) is 0 Å². The molecule has 0 aromatic rings. The van der Waals surface area contributed by atoms with Crippen molar-refractivity contribution < 1.29 is 14.2 Å². The van der Waals surface area contributed by atoms with Gasteiger partial charge in [0.05, 0.1) is 19.3 Å². The maximum Gasteiger partial charge on any atom is 0.157 e. The summed E-state index contributed by atoms with van der Waals surface area (Å²) in [6.07, 6.45) is 5.43. The molecule has 0 bridgehead atoms. The van der Waals surface area contributed by atoms with E-state index in [1.807, 2.05) is 27.7 Å². The number of rotatable bonds is 4. The Hall–Kier alpha value is -0.120. The molecular weight excluding hydrogens is 264 g/mol. The van der Waals surface area contributed by atoms with Crippen molar-refractivity contribution in [3.8, 4) is 0 Å². The molecule has 0 N–H and O–H groups in total. The molecule has 0 aromatic heterocycles. The molecule has 2 fully saturated rings. The van der Waals surface area contributed by atoms with Gasteiger partial charge < -0.3 is 14.2 Å². The van der Waals surface area contributed by atoms with Crippen molar-refractivity contribution in [1.29, 1.82) is 0 Å². The highest BCUT2D eigenvalue weighted by molar-refractivity contribution is 4.72. The van der Waals surface area contributed by atoms with Crippen LogP contribution in [0.4, 0.5) is 0 Å². The van der Waals surface area contributed by atoms with Crippen LogP contribution in [0.5, 0.6) is 0 Å². The zero-order valence-corrected chi connectivity index (χ0v) is 15.8. The quantitative estimate of drug-likeness (QED) is 0.693. The first-order valence-electron chi connectivity index (χ1n) is 8.92. The van der Waals surface area contributed by atoms with Crippen molar-refractivity contribution in [2.45, 2.75) is 93.5 Å². The van der Waals surface area contributed by atoms with E-state index in [1.54, 1.807) is 0 Å². The lowest BCUT2D eigenvalue weighted by molar-refractivity contribution is -0.221. The van der Waals surface area contributed by atoms with Crippen LogP contribution >= 0.6 is 0 Å². The Balaban J connectivity index is 0. The van der Waals surface area contributed by atoms with E-state index >= 15 is 0 Å². The molecule has 1 saturated carbocycles. The molecule has 3 heteroatoms. The summed E-state index contributed by atoms with van der Waals surface area (Å²) in [6, 6.07) is 0. The van der Waals surface area contributed by atoms with E-state index in [9.17, 15) is 0 Å². The van der Waals surface area contributed by atoms with E-state index in [0.29, 0.717) is 6.10 Å². The molecule has 0 unspecified atom stereocenters. The Morgan fingerprint density at radius 2 is 1.43 bits per heavy atom. The summed E-state index contributed by atoms with van der Waals surface area (Å²) in [7, 11) is 0. The second kappa shape index (κ2) is 14.8. The predicted octanol–water partition coefficient (Wildman–Crippen LogP) is 5.42. The molecule has 21 heavy (non-hydrogen) atoms. The van der Waals surface area contributed by atoms with Crippen molar-refractivity contribution in [2.75, 3.05) is 19.8 Å². The number of hydrogen-bond donors (Lipinski definition) is 0. The zero-order valence-electron chi connectivity index (χ0n) is 15.8. The summed E-state index contributed by atoms with van der Waals surface area (Å²) in [5.74, 6) is 0. The van der Waals surface area contributed by atoms with E-state index in [0.717, 1.165) is 32.7 Å². The minimum Gasteiger partial charge on any atom is -0.378 e. The van der Waals surface area contributed by atoms with Gasteiger partial charge in [0.2, 0.25) is 0 Å². The maximum absolute atomic E-state index is 5.42. The first-order valence-corrected chi connectivity index (χ1v) is 8.92. The van der Waals surface area contributed by atoms with Crippen molar-refractivity contribution in [2.24, 2.45) is 5.41 Å². The summed E-state index contributed by atoms with van der Waals surface area (Å²) in [6.45, 7) is 19.1. The molecule has 0 aromatic carbocycles. The molecule has 0 atom stereocenters. The van der Waals surface area contributed by atoms with Crippen molar-refractivity contribution in [3.05, 3.63) is 0 Å². The Morgan fingerprint density at radius 1 is 0.952 bits per heavy atom. The lowest BCUT2D eigenvalue weighted by Crippen LogP contribution is -2.37. The fourth-order valence-electron chi connectivity index (χ4n) is 1.48. The van der Waals surface area contributed by atoms with Gasteiger partial charge in [-0.05, 0) is 25.7 Å². The van der Waals surface area contributed by atoms with Gasteiger partial charge in [0.1, 0.15) is 0 Å². The summed E-state index contributed by atoms with van der Waals surface area (Å²) < 4.78 is 16.1. The Morgan fingerprint density at radius 3 is 1.76 bits per heavy atom. The zero-order chi connectivity index (χ0) is 16.7. The highest BCUT2D eigenvalue weighted by Crippen LogP contribution is 2.23. The molecule has 1 heterocycles. The number of hydrogen-bond acceptors (Lipinski definition) is 3. The van der Waals surface area contributed by atoms with Crippen LogP contribution in [0, 0.1) is 5.41 Å². The summed E-state index contributed by atoms with van der Waals surface area (Å²) in [5, 5.41) is 0. The highest BCUT2D eigenvalue weighted by atomic mass is 16.7. The first kappa shape index (κ1) is 23.2. The molecule has 1 aliphatic heterocycles. The molecule has 0 radical (unpaired) electrons. The third-order valence-electron chi connectivity index (χ3n) is 2.74. The van der Waals surface area contributed by atoms with Crippen LogP contribution in [-0.4, -0.2) is 32.2 Å². The second-order valence-electron chi connectivity index (χ2n) is 5.69. The highest BCUT2D eigenvalue weighted by Gasteiger charge is 2.26. The van der Waals surface area contributed by atoms with Gasteiger partial charge in [-0.3, -0.25) is 0 Å². The van der Waals surface area contributed by atoms with Crippen LogP contribution in [0.25, 0.3) is 0 Å². The van der Waals surface area contributed by atoms with Gasteiger partial charge in [0.15, 0.2) is 6.29 Å². The SMILES string of the molecule is CC.CC.CCC1OCC(C)(C)CO1.CCCOC1CC1. The lowest BCUT2D eigenvalue weighted by Gasteiger charge is -2.34. The molecule has 0 spiro atoms. The molecule has 3 nitrogen and oxygen atoms in total. The molecule has 2 rings (SSSR count). The monoisotopic (exact) mass is 304 g/mol. The van der Waals surface area contributed by atoms with Crippen LogP contribution in [-0.2, 0) is 14.2 Å². The Kier molecular flexibility index (Phi) is 16.3. The third kappa shape index (κ3) is 14.6. The van der Waals surface area contributed by atoms with Gasteiger partial charge in [-0.1, -0.05) is 55.4 Å². The Bertz CT molecular complexity index is 191. The minimum absolute atomic E-state index is 0.0491. The lowest BCUT2D eigenvalue weighted by atomic mass is 9.95. The standard InChI is InChI=1S/C8H16O2.C6H12O.2C2H6/c1-4-7-9-5-8(2,3)6-10-7;1-2-5-7-6-3-4-6;2*1-2/h7H,4-6H2,1-3H3;6H,2-5H2,1H3;2*1-2H3. The van der Waals surface area contributed by atoms with Crippen molar-refractivity contribution in [1.82, 2.24) is 0 Å². The third-order valence-corrected chi connectivity index (χ3v) is 2.74. The summed E-state index contributed by atoms with van der Waals surface area (Å²) >= 11 is 0. The van der Waals surface area contributed by atoms with Gasteiger partial charge in [0.25, 0.3) is 0 Å². The van der Waals surface area contributed by atoms with Crippen LogP contribution in [0.1, 0.15) is 81.1 Å². The minimum atomic E-state index is 0.0491. The molecule has 1 aliphatic carbocycles. The number of ether oxygens (including phenoxy) is 3. The fourth-order valence-corrected chi connectivity index (χ4v) is 1.48. The van der Waals surface area contributed by atoms with Crippen LogP contribution < -0.4 is 0 Å². The van der Waals surface area contributed by atoms with E-state index < -0.39 is 0 Å². The normalized spacial score (nSPS) is 20.0. The molecule has 130 valence electrons. The largest absolute Gasteiger partial charge is 0.378 e. The van der Waals surface area contributed by atoms with Gasteiger partial charge in [-0.25, -0.2) is 0 Å². The van der Waals surface area contributed by atoms with Gasteiger partial charge >= 0.3 is 0 Å². The smallest absolute Gasteiger partial charge is 0.157 e. The average molecular weight is 305 g/mol. The van der Waals surface area contributed by atoms with E-state index in [-0.39, 0.29) is 11.7 Å².